The van der Waals surface area contributed by atoms with Crippen LogP contribution in [-0.4, -0.2) is 7.11 Å². The molecule has 0 amide bonds. The van der Waals surface area contributed by atoms with Crippen molar-refractivity contribution in [3.63, 3.8) is 0 Å². The molecule has 0 saturated heterocycles. The maximum absolute atomic E-state index is 12.1. The van der Waals surface area contributed by atoms with Crippen molar-refractivity contribution in [2.45, 2.75) is 47.5 Å². The van der Waals surface area contributed by atoms with E-state index in [4.69, 9.17) is 9.15 Å². The van der Waals surface area contributed by atoms with Crippen LogP contribution in [0.15, 0.2) is 32.5 Å². The second-order valence-electron chi connectivity index (χ2n) is 5.12. The zero-order valence-corrected chi connectivity index (χ0v) is 13.3. The van der Waals surface area contributed by atoms with Gasteiger partial charge >= 0.3 is 0 Å². The van der Waals surface area contributed by atoms with Crippen LogP contribution in [0.25, 0.3) is 0 Å². The normalized spacial score (nSPS) is 12.7. The summed E-state index contributed by atoms with van der Waals surface area (Å²) in [6.07, 6.45) is 5.79. The largest absolute Gasteiger partial charge is 0.468 e. The van der Waals surface area contributed by atoms with Crippen molar-refractivity contribution in [2.75, 3.05) is 7.11 Å². The molecule has 1 aromatic rings. The quantitative estimate of drug-likeness (QED) is 0.760. The van der Waals surface area contributed by atoms with Gasteiger partial charge in [0.15, 0.2) is 5.43 Å². The van der Waals surface area contributed by atoms with Crippen LogP contribution in [0.2, 0.25) is 0 Å². The number of hydrogen-bond acceptors (Lipinski definition) is 3. The number of hydrogen-bond donors (Lipinski definition) is 0. The van der Waals surface area contributed by atoms with Crippen LogP contribution in [0.4, 0.5) is 0 Å². The van der Waals surface area contributed by atoms with Crippen LogP contribution in [-0.2, 0) is 6.42 Å². The molecule has 110 valence electrons. The van der Waals surface area contributed by atoms with Gasteiger partial charge in [-0.05, 0) is 41.0 Å². The molecule has 20 heavy (non-hydrogen) atoms. The van der Waals surface area contributed by atoms with Crippen LogP contribution in [0.1, 0.15) is 44.1 Å². The molecule has 3 nitrogen and oxygen atoms in total. The minimum atomic E-state index is 0.00867. The van der Waals surface area contributed by atoms with Gasteiger partial charge in [-0.3, -0.25) is 4.79 Å². The number of methoxy groups -OCH3 is 1. The van der Waals surface area contributed by atoms with Crippen molar-refractivity contribution >= 4 is 0 Å². The lowest BCUT2D eigenvalue weighted by Gasteiger charge is -2.09. The fourth-order valence-electron chi connectivity index (χ4n) is 2.05. The van der Waals surface area contributed by atoms with Crippen LogP contribution in [0.5, 0.6) is 5.95 Å². The Balaban J connectivity index is 2.97. The average Bonchev–Trinajstić information content (AvgIpc) is 2.44. The molecule has 1 rings (SSSR count). The highest BCUT2D eigenvalue weighted by atomic mass is 16.6. The Morgan fingerprint density at radius 2 is 1.90 bits per heavy atom. The predicted molar refractivity (Wildman–Crippen MR) is 82.5 cm³/mol. The van der Waals surface area contributed by atoms with Crippen molar-refractivity contribution in [3.05, 3.63) is 50.4 Å². The van der Waals surface area contributed by atoms with E-state index >= 15 is 0 Å². The summed E-state index contributed by atoms with van der Waals surface area (Å²) in [5, 5.41) is 0. The number of allylic oxidation sites excluding steroid dienone is 4. The second-order valence-corrected chi connectivity index (χ2v) is 5.12. The van der Waals surface area contributed by atoms with E-state index in [0.717, 1.165) is 6.42 Å². The van der Waals surface area contributed by atoms with Crippen molar-refractivity contribution in [1.29, 1.82) is 0 Å². The summed E-state index contributed by atoms with van der Waals surface area (Å²) in [5.41, 5.74) is 3.73. The van der Waals surface area contributed by atoms with E-state index in [1.54, 1.807) is 6.92 Å². The van der Waals surface area contributed by atoms with Crippen molar-refractivity contribution in [1.82, 2.24) is 0 Å². The lowest BCUT2D eigenvalue weighted by Crippen LogP contribution is -2.13. The Hall–Kier alpha value is -1.77. The topological polar surface area (TPSA) is 39.4 Å². The molecule has 0 saturated carbocycles. The summed E-state index contributed by atoms with van der Waals surface area (Å²) in [7, 11) is 1.52. The van der Waals surface area contributed by atoms with Crippen LogP contribution in [0.3, 0.4) is 0 Å². The zero-order valence-electron chi connectivity index (χ0n) is 13.3. The molecule has 3 heteroatoms. The Labute approximate surface area is 121 Å². The molecule has 0 fully saturated rings. The van der Waals surface area contributed by atoms with Gasteiger partial charge in [0.25, 0.3) is 5.95 Å². The van der Waals surface area contributed by atoms with Gasteiger partial charge in [-0.1, -0.05) is 23.3 Å². The first-order chi connectivity index (χ1) is 9.40. The molecular weight excluding hydrogens is 252 g/mol. The van der Waals surface area contributed by atoms with E-state index in [1.165, 1.54) is 18.3 Å². The standard InChI is InChI=1S/C17H24O3/c1-7-11(2)10-12(3)8-9-15-13(4)16(18)14(5)17(19-6)20-15/h7,10H,8-9H2,1-6H3/b11-7+,12-10+. The molecule has 0 aliphatic carbocycles. The predicted octanol–water partition coefficient (Wildman–Crippen LogP) is 4.11. The Kier molecular flexibility index (Phi) is 5.81. The maximum Gasteiger partial charge on any atom is 0.291 e. The zero-order chi connectivity index (χ0) is 15.3. The lowest BCUT2D eigenvalue weighted by atomic mass is 10.0. The molecule has 0 spiro atoms. The number of ether oxygens (including phenoxy) is 1. The first kappa shape index (κ1) is 16.3. The summed E-state index contributed by atoms with van der Waals surface area (Å²) in [6, 6.07) is 0. The Bertz CT molecular complexity index is 589. The van der Waals surface area contributed by atoms with Gasteiger partial charge in [0, 0.05) is 12.0 Å². The monoisotopic (exact) mass is 276 g/mol. The van der Waals surface area contributed by atoms with Gasteiger partial charge in [-0.2, -0.15) is 0 Å². The summed E-state index contributed by atoms with van der Waals surface area (Å²) < 4.78 is 10.8. The van der Waals surface area contributed by atoms with Gasteiger partial charge in [0.2, 0.25) is 0 Å². The highest BCUT2D eigenvalue weighted by molar-refractivity contribution is 5.30. The third-order valence-corrected chi connectivity index (χ3v) is 3.48. The second kappa shape index (κ2) is 7.13. The SMILES string of the molecule is C/C=C(C)/C=C(\C)CCc1oc(OC)c(C)c(=O)c1C. The highest BCUT2D eigenvalue weighted by Gasteiger charge is 2.13. The minimum absolute atomic E-state index is 0.00867. The van der Waals surface area contributed by atoms with Gasteiger partial charge < -0.3 is 9.15 Å². The van der Waals surface area contributed by atoms with Gasteiger partial charge in [-0.25, -0.2) is 0 Å². The number of rotatable bonds is 5. The van der Waals surface area contributed by atoms with Gasteiger partial charge in [0.1, 0.15) is 5.76 Å². The summed E-state index contributed by atoms with van der Waals surface area (Å²) in [5.74, 6) is 1.03. The van der Waals surface area contributed by atoms with E-state index < -0.39 is 0 Å². The molecule has 0 aromatic carbocycles. The van der Waals surface area contributed by atoms with Crippen LogP contribution in [0, 0.1) is 13.8 Å². The molecule has 0 N–H and O–H groups in total. The third kappa shape index (κ3) is 3.86. The van der Waals surface area contributed by atoms with Crippen molar-refractivity contribution in [2.24, 2.45) is 0 Å². The highest BCUT2D eigenvalue weighted by Crippen LogP contribution is 2.20. The Morgan fingerprint density at radius 3 is 2.45 bits per heavy atom. The van der Waals surface area contributed by atoms with Gasteiger partial charge in [-0.15, -0.1) is 0 Å². The summed E-state index contributed by atoms with van der Waals surface area (Å²) in [6.45, 7) is 9.72. The van der Waals surface area contributed by atoms with E-state index in [9.17, 15) is 4.79 Å². The molecule has 0 unspecified atom stereocenters. The molecule has 0 aliphatic rings. The lowest BCUT2D eigenvalue weighted by molar-refractivity contribution is 0.279. The molecule has 0 atom stereocenters. The van der Waals surface area contributed by atoms with E-state index in [-0.39, 0.29) is 5.43 Å². The average molecular weight is 276 g/mol. The molecule has 1 heterocycles. The van der Waals surface area contributed by atoms with Crippen LogP contribution >= 0.6 is 0 Å². The fourth-order valence-corrected chi connectivity index (χ4v) is 2.05. The van der Waals surface area contributed by atoms with Crippen molar-refractivity contribution in [3.8, 4) is 5.95 Å². The Morgan fingerprint density at radius 1 is 1.25 bits per heavy atom. The van der Waals surface area contributed by atoms with E-state index in [1.807, 2.05) is 13.8 Å². The number of aryl methyl sites for hydroxylation is 1. The third-order valence-electron chi connectivity index (χ3n) is 3.48. The van der Waals surface area contributed by atoms with Crippen LogP contribution < -0.4 is 10.2 Å². The molecule has 0 radical (unpaired) electrons. The summed E-state index contributed by atoms with van der Waals surface area (Å²) in [4.78, 5) is 12.1. The molecular formula is C17H24O3. The summed E-state index contributed by atoms with van der Waals surface area (Å²) >= 11 is 0. The molecule has 0 aliphatic heterocycles. The molecule has 0 bridgehead atoms. The maximum atomic E-state index is 12.1. The van der Waals surface area contributed by atoms with E-state index in [2.05, 4.69) is 26.0 Å². The minimum Gasteiger partial charge on any atom is -0.468 e. The fraction of sp³-hybridized carbons (Fsp3) is 0.471. The van der Waals surface area contributed by atoms with Crippen molar-refractivity contribution < 1.29 is 9.15 Å². The smallest absolute Gasteiger partial charge is 0.291 e. The molecule has 1 aromatic heterocycles. The van der Waals surface area contributed by atoms with Gasteiger partial charge in [0.05, 0.1) is 12.7 Å². The van der Waals surface area contributed by atoms with E-state index in [0.29, 0.717) is 29.3 Å². The first-order valence-electron chi connectivity index (χ1n) is 6.88. The first-order valence-corrected chi connectivity index (χ1v) is 6.88.